The molecule has 1 aliphatic carbocycles. The maximum atomic E-state index is 13.0. The van der Waals surface area contributed by atoms with Crippen molar-refractivity contribution in [1.82, 2.24) is 34.6 Å². The molecule has 1 saturated carbocycles. The standard InChI is InChI=1S/C28H29ClN4O.C28H23ClN2O.C26H26ClN3O.C26H25ClN2O.C2HF3O2/c29-23-10-9-22-19-31-27(30)25(26(22)18-23)11-6-20-4-7-21(8-5-20)28(34)33-16-12-24(13-17-33)32-14-2-1-3-15-32;1-19-5-7-20(8-6-19)3-2-4-27(32)22-12-9-21(10-13-22)11-16-25-26-17-24(29)15-14-23(26)18-31-28(25)30;27-22-12-11-21-18-29-26(28)23(24(21)17-22)13-8-19-6-9-20(10-7-19)25(31)5-4-16-30-14-2-1-3-15-30;1-17-2-4-19(5-3-17)14-25(30)20-9-6-18(7-10-20)8-13-23-24-15-22(27)12-11-21(24)16-29-26(23)28;3-2(4,5)1(6)7/h4-5,7-10,18-19,24H,1-3,12-17H2,(H2,30,31);5-10,12-15,17-18H,2-4H2,1H3,(H2,30,31);6-7,9-12,17-18H,1-5,14-16H2,(H2,28,29);6-7,9-12,15-17,19H,2-5,14H2,1H3,(H2,28,29);(H,6,7). The van der Waals surface area contributed by atoms with E-state index >= 15 is 0 Å². The number of piperidine rings is 3. The van der Waals surface area contributed by atoms with Crippen molar-refractivity contribution in [2.24, 2.45) is 11.8 Å². The number of nitrogens with zero attached hydrogens (tertiary/aromatic N) is 7. The Hall–Kier alpha value is -13.1. The van der Waals surface area contributed by atoms with E-state index in [-0.39, 0.29) is 23.3 Å². The van der Waals surface area contributed by atoms with Crippen LogP contribution in [0.25, 0.3) is 43.1 Å². The number of aromatic nitrogens is 4. The summed E-state index contributed by atoms with van der Waals surface area (Å²) in [4.78, 5) is 83.6. The van der Waals surface area contributed by atoms with Crippen LogP contribution in [0.5, 0.6) is 0 Å². The third-order valence-electron chi connectivity index (χ3n) is 24.4. The number of carboxylic acid groups (broad SMARTS) is 1. The van der Waals surface area contributed by atoms with Gasteiger partial charge < -0.3 is 42.7 Å². The predicted octanol–water partition coefficient (Wildman–Crippen LogP) is 23.6. The number of alkyl halides is 3. The highest BCUT2D eigenvalue weighted by Gasteiger charge is 2.38. The highest BCUT2D eigenvalue weighted by Crippen LogP contribution is 2.34. The zero-order valence-electron chi connectivity index (χ0n) is 74.8. The molecule has 4 fully saturated rings. The van der Waals surface area contributed by atoms with Crippen molar-refractivity contribution in [3.05, 3.63) is 317 Å². The Bertz CT molecular complexity index is 6650. The minimum atomic E-state index is -5.08. The second-order valence-electron chi connectivity index (χ2n) is 34.2. The van der Waals surface area contributed by atoms with Crippen LogP contribution in [0, 0.1) is 66.1 Å². The number of hydrogen-bond acceptors (Lipinski definition) is 15. The van der Waals surface area contributed by atoms with E-state index in [0.29, 0.717) is 108 Å². The van der Waals surface area contributed by atoms with Crippen LogP contribution in [-0.2, 0) is 11.2 Å². The molecule has 3 aliphatic heterocycles. The van der Waals surface area contributed by atoms with Gasteiger partial charge in [0, 0.05) is 171 Å². The Kier molecular flexibility index (Phi) is 34.9. The lowest BCUT2D eigenvalue weighted by atomic mass is 9.80. The number of anilines is 4. The first-order valence-electron chi connectivity index (χ1n) is 45.2. The van der Waals surface area contributed by atoms with Crippen LogP contribution in [-0.4, -0.2) is 127 Å². The van der Waals surface area contributed by atoms with Gasteiger partial charge in [-0.1, -0.05) is 217 Å². The van der Waals surface area contributed by atoms with Crippen molar-refractivity contribution in [2.75, 3.05) is 68.7 Å². The third kappa shape index (κ3) is 28.0. The van der Waals surface area contributed by atoms with Crippen LogP contribution >= 0.6 is 46.4 Å². The van der Waals surface area contributed by atoms with Crippen LogP contribution in [0.3, 0.4) is 0 Å². The number of nitrogens with two attached hydrogens (primary N) is 4. The Balaban J connectivity index is 0.000000148. The van der Waals surface area contributed by atoms with Gasteiger partial charge in [0.25, 0.3) is 5.91 Å². The van der Waals surface area contributed by atoms with Crippen LogP contribution in [0.15, 0.2) is 219 Å². The predicted molar refractivity (Wildman–Crippen MR) is 535 cm³/mol. The van der Waals surface area contributed by atoms with E-state index in [1.807, 2.05) is 175 Å². The van der Waals surface area contributed by atoms with Gasteiger partial charge >= 0.3 is 12.1 Å². The number of aryl methyl sites for hydroxylation is 2. The lowest BCUT2D eigenvalue weighted by Gasteiger charge is -2.40. The van der Waals surface area contributed by atoms with Crippen molar-refractivity contribution < 1.29 is 42.3 Å². The maximum Gasteiger partial charge on any atom is 0.490 e. The van der Waals surface area contributed by atoms with Gasteiger partial charge in [0.2, 0.25) is 0 Å². The molecule has 0 atom stereocenters. The van der Waals surface area contributed by atoms with E-state index in [2.05, 4.69) is 115 Å². The number of nitrogen functional groups attached to an aromatic ring is 4. The molecule has 0 radical (unpaired) electrons. The Labute approximate surface area is 799 Å². The topological polar surface area (TPSA) is 271 Å². The molecule has 9 aromatic carbocycles. The number of carboxylic acids is 1. The molecule has 17 rings (SSSR count). The summed E-state index contributed by atoms with van der Waals surface area (Å²) in [7, 11) is 0. The molecule has 17 nitrogen and oxygen atoms in total. The first-order chi connectivity index (χ1) is 64.6. The van der Waals surface area contributed by atoms with E-state index < -0.39 is 12.1 Å². The number of likely N-dealkylation sites (tertiary alicyclic amines) is 3. The van der Waals surface area contributed by atoms with Gasteiger partial charge in [0.1, 0.15) is 23.3 Å². The maximum absolute atomic E-state index is 13.0. The normalized spacial score (nSPS) is 15.0. The van der Waals surface area contributed by atoms with E-state index in [9.17, 15) is 32.3 Å². The summed E-state index contributed by atoms with van der Waals surface area (Å²) >= 11 is 24.6. The zero-order valence-corrected chi connectivity index (χ0v) is 77.8. The smallest absolute Gasteiger partial charge is 0.475 e. The van der Waals surface area contributed by atoms with Gasteiger partial charge in [-0.25, -0.2) is 24.7 Å². The third-order valence-corrected chi connectivity index (χ3v) is 25.4. The summed E-state index contributed by atoms with van der Waals surface area (Å²) in [6.07, 6.45) is 21.0. The number of pyridine rings is 4. The Morgan fingerprint density at radius 2 is 0.746 bits per heavy atom. The van der Waals surface area contributed by atoms with Crippen LogP contribution in [0.4, 0.5) is 36.4 Å². The first-order valence-corrected chi connectivity index (χ1v) is 46.7. The molecule has 13 aromatic rings. The molecule has 0 spiro atoms. The molecule has 0 bridgehead atoms. The van der Waals surface area contributed by atoms with E-state index in [4.69, 9.17) is 79.2 Å². The molecule has 0 unspecified atom stereocenters. The number of halogens is 7. The molecule has 24 heteroatoms. The molecule has 134 heavy (non-hydrogen) atoms. The molecule has 3 saturated heterocycles. The summed E-state index contributed by atoms with van der Waals surface area (Å²) in [6.45, 7) is 11.8. The van der Waals surface area contributed by atoms with Crippen molar-refractivity contribution >= 4 is 142 Å². The fourth-order valence-corrected chi connectivity index (χ4v) is 17.4. The number of benzene rings is 9. The van der Waals surface area contributed by atoms with E-state index in [0.717, 1.165) is 134 Å². The number of hydrogen-bond donors (Lipinski definition) is 5. The van der Waals surface area contributed by atoms with E-state index in [1.165, 1.54) is 102 Å². The fourth-order valence-electron chi connectivity index (χ4n) is 16.7. The lowest BCUT2D eigenvalue weighted by Crippen LogP contribution is -2.48. The van der Waals surface area contributed by atoms with Crippen LogP contribution in [0.1, 0.15) is 213 Å². The number of rotatable bonds is 15. The summed E-state index contributed by atoms with van der Waals surface area (Å²) < 4.78 is 31.7. The van der Waals surface area contributed by atoms with Crippen molar-refractivity contribution in [3.63, 3.8) is 0 Å². The Morgan fingerprint density at radius 3 is 1.10 bits per heavy atom. The summed E-state index contributed by atoms with van der Waals surface area (Å²) in [5.74, 6) is 25.8. The van der Waals surface area contributed by atoms with Crippen molar-refractivity contribution in [2.45, 2.75) is 142 Å². The van der Waals surface area contributed by atoms with Gasteiger partial charge in [-0.2, -0.15) is 13.2 Å². The minimum absolute atomic E-state index is 0.105. The SMILES string of the molecule is CC1CCC(CC(=O)c2ccc(C#Cc3c(N)ncc4ccc(Cl)cc34)cc2)CC1.Cc1ccc(CCCC(=O)c2ccc(C#Cc3c(N)ncc4ccc(Cl)cc34)cc2)cc1.Nc1ncc2ccc(Cl)cc2c1C#Cc1ccc(C(=O)CCCN2CCCCC2)cc1.Nc1ncc2ccc(Cl)cc2c1C#Cc1ccc(C(=O)N2CCC(N3CCCCC3)CC2)cc1.O=C(O)C(F)(F)F. The summed E-state index contributed by atoms with van der Waals surface area (Å²) in [5.41, 5.74) is 35.6. The van der Waals surface area contributed by atoms with Crippen LogP contribution < -0.4 is 22.9 Å². The number of carbonyl (C=O) groups excluding carboxylic acids is 4. The molecule has 7 heterocycles. The Morgan fingerprint density at radius 1 is 0.410 bits per heavy atom. The molecule has 684 valence electrons. The average molecular weight is 1870 g/mol. The largest absolute Gasteiger partial charge is 0.490 e. The minimum Gasteiger partial charge on any atom is -0.475 e. The molecular formula is C110H104Cl4F3N11O6. The van der Waals surface area contributed by atoms with Gasteiger partial charge in [-0.15, -0.1) is 0 Å². The highest BCUT2D eigenvalue weighted by atomic mass is 35.5. The van der Waals surface area contributed by atoms with E-state index in [1.54, 1.807) is 24.8 Å². The van der Waals surface area contributed by atoms with Crippen LogP contribution in [0.2, 0.25) is 20.1 Å². The van der Waals surface area contributed by atoms with Crippen molar-refractivity contribution in [3.8, 4) is 47.4 Å². The number of Topliss-reactive ketones (excluding diaryl/α,β-unsaturated/α-hetero) is 3. The number of amides is 1. The average Bonchev–Trinajstić information content (AvgIpc) is 0.812. The molecule has 9 N–H and O–H groups in total. The molecule has 1 amide bonds. The van der Waals surface area contributed by atoms with Crippen molar-refractivity contribution in [1.29, 1.82) is 0 Å². The fraction of sp³-hybridized carbons (Fsp3) is 0.282. The summed E-state index contributed by atoms with van der Waals surface area (Å²) in [5, 5.41) is 16.9. The van der Waals surface area contributed by atoms with Gasteiger partial charge in [0.15, 0.2) is 17.3 Å². The lowest BCUT2D eigenvalue weighted by molar-refractivity contribution is -0.192. The number of fused-ring (bicyclic) bond motifs is 4. The molecule has 4 aromatic heterocycles. The zero-order chi connectivity index (χ0) is 94.8. The first kappa shape index (κ1) is 98.4. The second kappa shape index (κ2) is 47.5. The monoisotopic (exact) mass is 1870 g/mol. The highest BCUT2D eigenvalue weighted by molar-refractivity contribution is 6.32. The second-order valence-corrected chi connectivity index (χ2v) is 35.9. The number of carbonyl (C=O) groups is 5. The number of aliphatic carboxylic acids is 1. The number of ketones is 3. The van der Waals surface area contributed by atoms with Gasteiger partial charge in [-0.05, 0) is 237 Å². The molecule has 4 aliphatic rings. The van der Waals surface area contributed by atoms with Gasteiger partial charge in [-0.3, -0.25) is 19.2 Å². The quantitative estimate of drug-likeness (QED) is 0.0471. The molecular weight excluding hydrogens is 1770 g/mol. The van der Waals surface area contributed by atoms with Gasteiger partial charge in [0.05, 0.1) is 22.3 Å². The summed E-state index contributed by atoms with van der Waals surface area (Å²) in [6, 6.07) is 61.3.